The number of benzene rings is 1. The molecule has 98 valence electrons. The zero-order valence-electron chi connectivity index (χ0n) is 10.4. The second kappa shape index (κ2) is 5.90. The SMILES string of the molecule is CCC(=O)Nc1cc(C(=O)O)cc(OC)c1OC. The summed E-state index contributed by atoms with van der Waals surface area (Å²) < 4.78 is 10.2. The van der Waals surface area contributed by atoms with Gasteiger partial charge < -0.3 is 19.9 Å². The number of nitrogens with one attached hydrogen (secondary N) is 1. The van der Waals surface area contributed by atoms with Crippen LogP contribution in [0, 0.1) is 0 Å². The first-order valence-corrected chi connectivity index (χ1v) is 5.32. The van der Waals surface area contributed by atoms with Gasteiger partial charge in [-0.3, -0.25) is 4.79 Å². The summed E-state index contributed by atoms with van der Waals surface area (Å²) in [5.74, 6) is -0.797. The Labute approximate surface area is 105 Å². The third-order valence-electron chi connectivity index (χ3n) is 2.32. The molecule has 0 heterocycles. The summed E-state index contributed by atoms with van der Waals surface area (Å²) in [4.78, 5) is 22.3. The summed E-state index contributed by atoms with van der Waals surface area (Å²) >= 11 is 0. The Morgan fingerprint density at radius 3 is 2.39 bits per heavy atom. The van der Waals surface area contributed by atoms with Crippen LogP contribution in [-0.2, 0) is 4.79 Å². The van der Waals surface area contributed by atoms with Gasteiger partial charge in [-0.05, 0) is 12.1 Å². The highest BCUT2D eigenvalue weighted by molar-refractivity contribution is 5.96. The molecule has 0 radical (unpaired) electrons. The predicted octanol–water partition coefficient (Wildman–Crippen LogP) is 1.75. The highest BCUT2D eigenvalue weighted by Gasteiger charge is 2.16. The minimum atomic E-state index is -1.11. The Hall–Kier alpha value is -2.24. The Kier molecular flexibility index (Phi) is 4.53. The van der Waals surface area contributed by atoms with Crippen molar-refractivity contribution in [3.05, 3.63) is 17.7 Å². The zero-order valence-corrected chi connectivity index (χ0v) is 10.4. The van der Waals surface area contributed by atoms with Gasteiger partial charge in [0.2, 0.25) is 5.91 Å². The van der Waals surface area contributed by atoms with Gasteiger partial charge in [-0.25, -0.2) is 4.79 Å². The number of carbonyl (C=O) groups excluding carboxylic acids is 1. The minimum absolute atomic E-state index is 0.0130. The van der Waals surface area contributed by atoms with Crippen molar-refractivity contribution in [2.24, 2.45) is 0 Å². The topological polar surface area (TPSA) is 84.9 Å². The van der Waals surface area contributed by atoms with Crippen molar-refractivity contribution >= 4 is 17.6 Å². The van der Waals surface area contributed by atoms with Crippen LogP contribution in [0.3, 0.4) is 0 Å². The van der Waals surface area contributed by atoms with E-state index >= 15 is 0 Å². The first-order valence-electron chi connectivity index (χ1n) is 5.32. The van der Waals surface area contributed by atoms with Crippen molar-refractivity contribution in [3.8, 4) is 11.5 Å². The summed E-state index contributed by atoms with van der Waals surface area (Å²) in [6.07, 6.45) is 0.281. The maximum absolute atomic E-state index is 11.4. The van der Waals surface area contributed by atoms with Gasteiger partial charge in [0.05, 0.1) is 25.5 Å². The molecule has 1 amide bonds. The standard InChI is InChI=1S/C12H15NO5/c1-4-10(14)13-8-5-7(12(15)16)6-9(17-2)11(8)18-3/h5-6H,4H2,1-3H3,(H,13,14)(H,15,16). The molecule has 0 spiro atoms. The van der Waals surface area contributed by atoms with Crippen LogP contribution in [0.15, 0.2) is 12.1 Å². The lowest BCUT2D eigenvalue weighted by molar-refractivity contribution is -0.115. The van der Waals surface area contributed by atoms with Crippen LogP contribution in [0.4, 0.5) is 5.69 Å². The highest BCUT2D eigenvalue weighted by Crippen LogP contribution is 2.36. The number of ether oxygens (including phenoxy) is 2. The van der Waals surface area contributed by atoms with Crippen LogP contribution in [0.5, 0.6) is 11.5 Å². The molecule has 0 aliphatic rings. The number of anilines is 1. The molecule has 2 N–H and O–H groups in total. The first kappa shape index (κ1) is 13.8. The average Bonchev–Trinajstić information content (AvgIpc) is 2.37. The van der Waals surface area contributed by atoms with Crippen LogP contribution in [0.2, 0.25) is 0 Å². The van der Waals surface area contributed by atoms with E-state index in [1.165, 1.54) is 26.4 Å². The Morgan fingerprint density at radius 2 is 1.94 bits per heavy atom. The number of carboxylic acids is 1. The number of rotatable bonds is 5. The number of hydrogen-bond acceptors (Lipinski definition) is 4. The number of aromatic carboxylic acids is 1. The lowest BCUT2D eigenvalue weighted by atomic mass is 10.1. The van der Waals surface area contributed by atoms with Gasteiger partial charge in [0.1, 0.15) is 0 Å². The molecule has 18 heavy (non-hydrogen) atoms. The maximum atomic E-state index is 11.4. The van der Waals surface area contributed by atoms with Crippen LogP contribution < -0.4 is 14.8 Å². The molecule has 0 fully saturated rings. The van der Waals surface area contributed by atoms with Crippen molar-refractivity contribution in [2.45, 2.75) is 13.3 Å². The minimum Gasteiger partial charge on any atom is -0.493 e. The molecular formula is C12H15NO5. The molecule has 0 saturated heterocycles. The van der Waals surface area contributed by atoms with Crippen LogP contribution >= 0.6 is 0 Å². The molecule has 0 unspecified atom stereocenters. The monoisotopic (exact) mass is 253 g/mol. The van der Waals surface area contributed by atoms with Crippen molar-refractivity contribution in [3.63, 3.8) is 0 Å². The van der Waals surface area contributed by atoms with Gasteiger partial charge in [0.25, 0.3) is 0 Å². The van der Waals surface area contributed by atoms with Gasteiger partial charge in [0.15, 0.2) is 11.5 Å². The Morgan fingerprint density at radius 1 is 1.28 bits per heavy atom. The molecule has 0 aliphatic heterocycles. The fraction of sp³-hybridized carbons (Fsp3) is 0.333. The molecule has 0 saturated carbocycles. The van der Waals surface area contributed by atoms with E-state index in [0.29, 0.717) is 5.75 Å². The smallest absolute Gasteiger partial charge is 0.335 e. The molecule has 1 rings (SSSR count). The van der Waals surface area contributed by atoms with Crippen LogP contribution in [0.25, 0.3) is 0 Å². The third-order valence-corrected chi connectivity index (χ3v) is 2.32. The fourth-order valence-electron chi connectivity index (χ4n) is 1.42. The Bertz CT molecular complexity index is 470. The number of carbonyl (C=O) groups is 2. The molecule has 6 heteroatoms. The number of hydrogen-bond donors (Lipinski definition) is 2. The van der Waals surface area contributed by atoms with E-state index in [9.17, 15) is 9.59 Å². The summed E-state index contributed by atoms with van der Waals surface area (Å²) in [6.45, 7) is 1.69. The summed E-state index contributed by atoms with van der Waals surface area (Å²) in [7, 11) is 2.81. The molecule has 0 atom stereocenters. The molecule has 0 bridgehead atoms. The number of methoxy groups -OCH3 is 2. The second-order valence-corrected chi connectivity index (χ2v) is 3.47. The molecule has 1 aromatic rings. The van der Waals surface area contributed by atoms with Crippen LogP contribution in [-0.4, -0.2) is 31.2 Å². The van der Waals surface area contributed by atoms with Crippen LogP contribution in [0.1, 0.15) is 23.7 Å². The van der Waals surface area contributed by atoms with E-state index < -0.39 is 5.97 Å². The van der Waals surface area contributed by atoms with E-state index in [2.05, 4.69) is 5.32 Å². The first-order chi connectivity index (χ1) is 8.53. The van der Waals surface area contributed by atoms with Gasteiger partial charge in [-0.2, -0.15) is 0 Å². The lowest BCUT2D eigenvalue weighted by Crippen LogP contribution is -2.12. The second-order valence-electron chi connectivity index (χ2n) is 3.47. The zero-order chi connectivity index (χ0) is 13.7. The van der Waals surface area contributed by atoms with Crippen molar-refractivity contribution < 1.29 is 24.2 Å². The summed E-state index contributed by atoms with van der Waals surface area (Å²) in [5.41, 5.74) is 0.292. The largest absolute Gasteiger partial charge is 0.493 e. The molecule has 0 aliphatic carbocycles. The van der Waals surface area contributed by atoms with Crippen molar-refractivity contribution in [2.75, 3.05) is 19.5 Å². The summed E-state index contributed by atoms with van der Waals surface area (Å²) in [6, 6.07) is 2.67. The van der Waals surface area contributed by atoms with Gasteiger partial charge in [0, 0.05) is 6.42 Å². The molecule has 6 nitrogen and oxygen atoms in total. The van der Waals surface area contributed by atoms with Gasteiger partial charge in [-0.15, -0.1) is 0 Å². The normalized spacial score (nSPS) is 9.72. The summed E-state index contributed by atoms with van der Waals surface area (Å²) in [5, 5.41) is 11.5. The van der Waals surface area contributed by atoms with Gasteiger partial charge in [-0.1, -0.05) is 6.92 Å². The molecular weight excluding hydrogens is 238 g/mol. The van der Waals surface area contributed by atoms with E-state index in [1.807, 2.05) is 0 Å². The van der Waals surface area contributed by atoms with Crippen molar-refractivity contribution in [1.82, 2.24) is 0 Å². The molecule has 1 aromatic carbocycles. The maximum Gasteiger partial charge on any atom is 0.335 e. The highest BCUT2D eigenvalue weighted by atomic mass is 16.5. The quantitative estimate of drug-likeness (QED) is 0.835. The average molecular weight is 253 g/mol. The van der Waals surface area contributed by atoms with Crippen molar-refractivity contribution in [1.29, 1.82) is 0 Å². The van der Waals surface area contributed by atoms with E-state index in [0.717, 1.165) is 0 Å². The van der Waals surface area contributed by atoms with E-state index in [-0.39, 0.29) is 29.3 Å². The van der Waals surface area contributed by atoms with Gasteiger partial charge >= 0.3 is 5.97 Å². The van der Waals surface area contributed by atoms with E-state index in [1.54, 1.807) is 6.92 Å². The third kappa shape index (κ3) is 2.91. The number of carboxylic acid groups (broad SMARTS) is 1. The predicted molar refractivity (Wildman–Crippen MR) is 65.4 cm³/mol. The molecule has 0 aromatic heterocycles. The Balaban J connectivity index is 3.30. The fourth-order valence-corrected chi connectivity index (χ4v) is 1.42. The number of amides is 1. The lowest BCUT2D eigenvalue weighted by Gasteiger charge is -2.14. The van der Waals surface area contributed by atoms with E-state index in [4.69, 9.17) is 14.6 Å².